The summed E-state index contributed by atoms with van der Waals surface area (Å²) in [6, 6.07) is 11.4. The van der Waals surface area contributed by atoms with Gasteiger partial charge in [-0.1, -0.05) is 60.1 Å². The number of hydrogen-bond acceptors (Lipinski definition) is 2. The number of carbonyl (C=O) groups excluding carboxylic acids is 1. The average molecular weight is 309 g/mol. The molecule has 18 heavy (non-hydrogen) atoms. The van der Waals surface area contributed by atoms with Crippen molar-refractivity contribution in [1.82, 2.24) is 5.32 Å². The van der Waals surface area contributed by atoms with E-state index in [1.54, 1.807) is 6.92 Å². The van der Waals surface area contributed by atoms with Crippen LogP contribution in [0.25, 0.3) is 0 Å². The predicted molar refractivity (Wildman–Crippen MR) is 75.1 cm³/mol. The highest BCUT2D eigenvalue weighted by Gasteiger charge is 2.31. The Morgan fingerprint density at radius 2 is 1.94 bits per heavy atom. The van der Waals surface area contributed by atoms with Gasteiger partial charge in [0.25, 0.3) is 0 Å². The minimum absolute atomic E-state index is 0.169. The Balaban J connectivity index is 2.92. The maximum Gasteiger partial charge on any atom is 0.235 e. The van der Waals surface area contributed by atoms with Crippen molar-refractivity contribution in [3.05, 3.63) is 35.9 Å². The number of benzene rings is 1. The zero-order valence-corrected chi connectivity index (χ0v) is 12.4. The highest BCUT2D eigenvalue weighted by Crippen LogP contribution is 2.21. The summed E-state index contributed by atoms with van der Waals surface area (Å²) >= 11 is 3.34. The molecule has 1 aromatic carbocycles. The first-order valence-electron chi connectivity index (χ1n) is 5.83. The fraction of sp³-hybridized carbons (Fsp3) is 0.429. The van der Waals surface area contributed by atoms with Gasteiger partial charge in [-0.3, -0.25) is 4.79 Å². The van der Waals surface area contributed by atoms with Gasteiger partial charge in [0, 0.05) is 0 Å². The summed E-state index contributed by atoms with van der Waals surface area (Å²) in [4.78, 5) is 11.7. The second-order valence-electron chi connectivity index (χ2n) is 4.74. The Kier molecular flexibility index (Phi) is 4.92. The van der Waals surface area contributed by atoms with Gasteiger partial charge < -0.3 is 5.32 Å². The first-order valence-corrected chi connectivity index (χ1v) is 6.75. The topological polar surface area (TPSA) is 52.9 Å². The number of nitrogens with zero attached hydrogens (tertiary/aromatic N) is 1. The zero-order valence-electron chi connectivity index (χ0n) is 10.8. The number of alkyl halides is 1. The van der Waals surface area contributed by atoms with E-state index in [1.165, 1.54) is 0 Å². The second-order valence-corrected chi connectivity index (χ2v) is 5.72. The van der Waals surface area contributed by atoms with Crippen molar-refractivity contribution < 1.29 is 4.79 Å². The van der Waals surface area contributed by atoms with Gasteiger partial charge in [-0.05, 0) is 18.4 Å². The molecule has 1 N–H and O–H groups in total. The van der Waals surface area contributed by atoms with Gasteiger partial charge >= 0.3 is 0 Å². The lowest BCUT2D eigenvalue weighted by Gasteiger charge is -2.26. The van der Waals surface area contributed by atoms with Crippen molar-refractivity contribution in [2.45, 2.75) is 31.1 Å². The molecular weight excluding hydrogens is 292 g/mol. The summed E-state index contributed by atoms with van der Waals surface area (Å²) in [5, 5.41) is 12.1. The van der Waals surface area contributed by atoms with Gasteiger partial charge in [-0.25, -0.2) is 0 Å². The Morgan fingerprint density at radius 1 is 1.39 bits per heavy atom. The molecular formula is C14H17BrN2O. The maximum atomic E-state index is 12.0. The summed E-state index contributed by atoms with van der Waals surface area (Å²) in [6.07, 6.45) is 0. The van der Waals surface area contributed by atoms with Gasteiger partial charge in [-0.2, -0.15) is 5.26 Å². The third kappa shape index (κ3) is 3.33. The van der Waals surface area contributed by atoms with E-state index in [4.69, 9.17) is 0 Å². The normalized spacial score (nSPS) is 15.6. The van der Waals surface area contributed by atoms with Crippen molar-refractivity contribution in [3.8, 4) is 6.07 Å². The average Bonchev–Trinajstić information content (AvgIpc) is 2.38. The van der Waals surface area contributed by atoms with Crippen LogP contribution in [0.3, 0.4) is 0 Å². The van der Waals surface area contributed by atoms with Crippen LogP contribution in [-0.4, -0.2) is 10.7 Å². The van der Waals surface area contributed by atoms with Gasteiger partial charge in [-0.15, -0.1) is 0 Å². The smallest absolute Gasteiger partial charge is 0.235 e. The van der Waals surface area contributed by atoms with Crippen LogP contribution in [0.15, 0.2) is 30.3 Å². The summed E-state index contributed by atoms with van der Waals surface area (Å²) < 4.78 is 0. The molecule has 0 fully saturated rings. The molecule has 2 unspecified atom stereocenters. The molecule has 0 heterocycles. The molecule has 1 amide bonds. The molecule has 0 aliphatic heterocycles. The summed E-state index contributed by atoms with van der Waals surface area (Å²) in [7, 11) is 0. The third-order valence-corrected chi connectivity index (χ3v) is 4.26. The fourth-order valence-electron chi connectivity index (χ4n) is 1.55. The lowest BCUT2D eigenvalue weighted by Crippen LogP contribution is -2.46. The van der Waals surface area contributed by atoms with E-state index >= 15 is 0 Å². The van der Waals surface area contributed by atoms with Gasteiger partial charge in [0.2, 0.25) is 5.91 Å². The largest absolute Gasteiger partial charge is 0.333 e. The van der Waals surface area contributed by atoms with E-state index in [9.17, 15) is 10.1 Å². The zero-order chi connectivity index (χ0) is 13.8. The molecule has 0 aliphatic rings. The van der Waals surface area contributed by atoms with E-state index in [1.807, 2.05) is 44.2 Å². The van der Waals surface area contributed by atoms with Crippen LogP contribution in [-0.2, 0) is 10.3 Å². The molecule has 0 saturated heterocycles. The van der Waals surface area contributed by atoms with Crippen LogP contribution in [0.5, 0.6) is 0 Å². The highest BCUT2D eigenvalue weighted by molar-refractivity contribution is 9.10. The fourth-order valence-corrected chi connectivity index (χ4v) is 1.67. The second kappa shape index (κ2) is 6.01. The number of rotatable bonds is 4. The summed E-state index contributed by atoms with van der Waals surface area (Å²) in [5.74, 6) is 0.00150. The lowest BCUT2D eigenvalue weighted by molar-refractivity contribution is -0.122. The molecule has 1 rings (SSSR count). The van der Waals surface area contributed by atoms with Gasteiger partial charge in [0.15, 0.2) is 0 Å². The molecule has 0 spiro atoms. The molecule has 96 valence electrons. The molecule has 0 radical (unpaired) electrons. The minimum atomic E-state index is -1.00. The van der Waals surface area contributed by atoms with Crippen molar-refractivity contribution in [2.75, 3.05) is 0 Å². The molecule has 0 bridgehead atoms. The number of hydrogen-bond donors (Lipinski definition) is 1. The standard InChI is InChI=1S/C14H17BrN2O/c1-10(2)12(15)13(18)17-14(3,9-16)11-7-5-4-6-8-11/h4-8,10,12H,1-3H3,(H,17,18). The third-order valence-electron chi connectivity index (χ3n) is 2.78. The molecule has 0 aliphatic carbocycles. The van der Waals surface area contributed by atoms with E-state index in [2.05, 4.69) is 27.3 Å². The maximum absolute atomic E-state index is 12.0. The van der Waals surface area contributed by atoms with Crippen LogP contribution in [0, 0.1) is 17.2 Å². The monoisotopic (exact) mass is 308 g/mol. The Labute approximate surface area is 116 Å². The molecule has 1 aromatic rings. The molecule has 4 heteroatoms. The van der Waals surface area contributed by atoms with E-state index in [0.29, 0.717) is 0 Å². The summed E-state index contributed by atoms with van der Waals surface area (Å²) in [5.41, 5.74) is -0.219. The van der Waals surface area contributed by atoms with Crippen LogP contribution < -0.4 is 5.32 Å². The Morgan fingerprint density at radius 3 is 2.39 bits per heavy atom. The first-order chi connectivity index (χ1) is 8.40. The van der Waals surface area contributed by atoms with Crippen LogP contribution >= 0.6 is 15.9 Å². The van der Waals surface area contributed by atoms with Crippen LogP contribution in [0.2, 0.25) is 0 Å². The van der Waals surface area contributed by atoms with Crippen LogP contribution in [0.4, 0.5) is 0 Å². The van der Waals surface area contributed by atoms with Crippen LogP contribution in [0.1, 0.15) is 26.3 Å². The highest BCUT2D eigenvalue weighted by atomic mass is 79.9. The first kappa shape index (κ1) is 14.7. The summed E-state index contributed by atoms with van der Waals surface area (Å²) in [6.45, 7) is 5.61. The lowest BCUT2D eigenvalue weighted by atomic mass is 9.93. The Hall–Kier alpha value is -1.34. The van der Waals surface area contributed by atoms with Crippen molar-refractivity contribution in [3.63, 3.8) is 0 Å². The van der Waals surface area contributed by atoms with E-state index < -0.39 is 5.54 Å². The SMILES string of the molecule is CC(C)C(Br)C(=O)NC(C)(C#N)c1ccccc1. The van der Waals surface area contributed by atoms with E-state index in [0.717, 1.165) is 5.56 Å². The number of nitriles is 1. The molecule has 0 saturated carbocycles. The van der Waals surface area contributed by atoms with Gasteiger partial charge in [0.05, 0.1) is 10.9 Å². The quantitative estimate of drug-likeness (QED) is 0.869. The molecule has 2 atom stereocenters. The molecule has 3 nitrogen and oxygen atoms in total. The number of amides is 1. The predicted octanol–water partition coefficient (Wildman–Crippen LogP) is 2.96. The number of halogens is 1. The Bertz CT molecular complexity index is 453. The van der Waals surface area contributed by atoms with Crippen molar-refractivity contribution in [2.24, 2.45) is 5.92 Å². The van der Waals surface area contributed by atoms with Gasteiger partial charge in [0.1, 0.15) is 5.54 Å². The number of carbonyl (C=O) groups is 1. The van der Waals surface area contributed by atoms with Crippen molar-refractivity contribution in [1.29, 1.82) is 5.26 Å². The van der Waals surface area contributed by atoms with E-state index in [-0.39, 0.29) is 16.7 Å². The van der Waals surface area contributed by atoms with Crippen molar-refractivity contribution >= 4 is 21.8 Å². The number of nitrogens with one attached hydrogen (secondary N) is 1. The molecule has 0 aromatic heterocycles. The minimum Gasteiger partial charge on any atom is -0.333 e.